The average Bonchev–Trinajstić information content (AvgIpc) is 2.19. The van der Waals surface area contributed by atoms with Crippen LogP contribution in [0.2, 0.25) is 5.02 Å². The van der Waals surface area contributed by atoms with Crippen LogP contribution in [0.4, 0.5) is 8.78 Å². The van der Waals surface area contributed by atoms with Gasteiger partial charge in [-0.1, -0.05) is 11.6 Å². The number of pyridine rings is 1. The van der Waals surface area contributed by atoms with E-state index >= 15 is 0 Å². The molecule has 0 aliphatic rings. The third kappa shape index (κ3) is 3.97. The van der Waals surface area contributed by atoms with E-state index in [0.29, 0.717) is 11.6 Å². The van der Waals surface area contributed by atoms with Gasteiger partial charge in [-0.15, -0.1) is 0 Å². The highest BCUT2D eigenvalue weighted by molar-refractivity contribution is 6.31. The molecule has 0 bridgehead atoms. The molecule has 84 valence electrons. The third-order valence-corrected chi connectivity index (χ3v) is 1.97. The van der Waals surface area contributed by atoms with E-state index in [2.05, 4.69) is 10.3 Å². The molecule has 0 atom stereocenters. The summed E-state index contributed by atoms with van der Waals surface area (Å²) in [5.41, 5.74) is 0.762. The topological polar surface area (TPSA) is 34.1 Å². The van der Waals surface area contributed by atoms with E-state index < -0.39 is 13.0 Å². The molecule has 0 unspecified atom stereocenters. The normalized spacial score (nSPS) is 10.7. The molecule has 0 aliphatic heterocycles. The number of halogens is 3. The molecule has 3 nitrogen and oxygen atoms in total. The van der Waals surface area contributed by atoms with Crippen molar-refractivity contribution in [2.75, 3.05) is 13.7 Å². The van der Waals surface area contributed by atoms with Gasteiger partial charge in [0.25, 0.3) is 6.43 Å². The Labute approximate surface area is 91.4 Å². The van der Waals surface area contributed by atoms with Crippen LogP contribution in [-0.2, 0) is 6.54 Å². The van der Waals surface area contributed by atoms with E-state index in [0.717, 1.165) is 5.56 Å². The molecule has 1 rings (SSSR count). The van der Waals surface area contributed by atoms with Gasteiger partial charge in [-0.3, -0.25) is 0 Å². The largest absolute Gasteiger partial charge is 0.472 e. The first kappa shape index (κ1) is 12.1. The first-order valence-electron chi connectivity index (χ1n) is 4.33. The Morgan fingerprint density at radius 2 is 2.33 bits per heavy atom. The lowest BCUT2D eigenvalue weighted by atomic mass is 10.2. The Morgan fingerprint density at radius 3 is 2.93 bits per heavy atom. The quantitative estimate of drug-likeness (QED) is 0.850. The summed E-state index contributed by atoms with van der Waals surface area (Å²) < 4.78 is 28.5. The molecule has 0 fully saturated rings. The Hall–Kier alpha value is -0.940. The van der Waals surface area contributed by atoms with Gasteiger partial charge in [-0.25, -0.2) is 13.8 Å². The van der Waals surface area contributed by atoms with Gasteiger partial charge in [-0.2, -0.15) is 0 Å². The lowest BCUT2D eigenvalue weighted by molar-refractivity contribution is 0.0795. The molecule has 1 aromatic heterocycles. The van der Waals surface area contributed by atoms with E-state index in [-0.39, 0.29) is 5.88 Å². The van der Waals surface area contributed by atoms with Crippen molar-refractivity contribution >= 4 is 11.6 Å². The van der Waals surface area contributed by atoms with Gasteiger partial charge in [0.05, 0.1) is 5.02 Å². The highest BCUT2D eigenvalue weighted by atomic mass is 35.5. The van der Waals surface area contributed by atoms with Crippen LogP contribution in [0, 0.1) is 0 Å². The van der Waals surface area contributed by atoms with Crippen molar-refractivity contribution in [1.29, 1.82) is 0 Å². The summed E-state index contributed by atoms with van der Waals surface area (Å²) in [6, 6.07) is 1.54. The summed E-state index contributed by atoms with van der Waals surface area (Å²) in [7, 11) is 1.76. The first-order valence-corrected chi connectivity index (χ1v) is 4.71. The highest BCUT2D eigenvalue weighted by Crippen LogP contribution is 2.19. The van der Waals surface area contributed by atoms with Crippen molar-refractivity contribution in [3.8, 4) is 5.88 Å². The number of nitrogens with one attached hydrogen (secondary N) is 1. The SMILES string of the molecule is CNCc1cc(OCC(F)F)ncc1Cl. The third-order valence-electron chi connectivity index (χ3n) is 1.63. The second-order valence-corrected chi connectivity index (χ2v) is 3.25. The molecule has 1 heterocycles. The molecule has 0 saturated heterocycles. The summed E-state index contributed by atoms with van der Waals surface area (Å²) in [5, 5.41) is 3.38. The van der Waals surface area contributed by atoms with Crippen LogP contribution in [-0.4, -0.2) is 25.1 Å². The predicted octanol–water partition coefficient (Wildman–Crippen LogP) is 2.10. The minimum atomic E-state index is -2.50. The first-order chi connectivity index (χ1) is 7.13. The summed E-state index contributed by atoms with van der Waals surface area (Å²) in [6.07, 6.45) is -1.12. The summed E-state index contributed by atoms with van der Waals surface area (Å²) in [5.74, 6) is 0.157. The van der Waals surface area contributed by atoms with Gasteiger partial charge >= 0.3 is 0 Å². The van der Waals surface area contributed by atoms with E-state index in [4.69, 9.17) is 16.3 Å². The Balaban J connectivity index is 2.69. The zero-order valence-corrected chi connectivity index (χ0v) is 8.89. The molecule has 0 saturated carbocycles. The average molecular weight is 237 g/mol. The minimum absolute atomic E-state index is 0.157. The number of aromatic nitrogens is 1. The fraction of sp³-hybridized carbons (Fsp3) is 0.444. The maximum Gasteiger partial charge on any atom is 0.272 e. The van der Waals surface area contributed by atoms with Gasteiger partial charge in [0.15, 0.2) is 6.61 Å². The van der Waals surface area contributed by atoms with Gasteiger partial charge in [0.2, 0.25) is 5.88 Å². The molecule has 0 amide bonds. The molecule has 1 aromatic rings. The number of nitrogens with zero attached hydrogens (tertiary/aromatic N) is 1. The van der Waals surface area contributed by atoms with Crippen LogP contribution >= 0.6 is 11.6 Å². The Bertz CT molecular complexity index is 323. The molecule has 0 aromatic carbocycles. The zero-order chi connectivity index (χ0) is 11.3. The van der Waals surface area contributed by atoms with E-state index in [1.54, 1.807) is 13.1 Å². The van der Waals surface area contributed by atoms with Crippen LogP contribution in [0.25, 0.3) is 0 Å². The van der Waals surface area contributed by atoms with Crippen LogP contribution < -0.4 is 10.1 Å². The molecule has 1 N–H and O–H groups in total. The van der Waals surface area contributed by atoms with E-state index in [1.165, 1.54) is 6.20 Å². The predicted molar refractivity (Wildman–Crippen MR) is 53.5 cm³/mol. The van der Waals surface area contributed by atoms with E-state index in [9.17, 15) is 8.78 Å². The Kier molecular flexibility index (Phi) is 4.71. The second kappa shape index (κ2) is 5.82. The number of alkyl halides is 2. The van der Waals surface area contributed by atoms with Crippen LogP contribution in [0.1, 0.15) is 5.56 Å². The molecular formula is C9H11ClF2N2O. The van der Waals surface area contributed by atoms with Crippen molar-refractivity contribution in [3.63, 3.8) is 0 Å². The monoisotopic (exact) mass is 236 g/mol. The standard InChI is InChI=1S/C9H11ClF2N2O/c1-13-3-6-2-9(14-4-7(6)10)15-5-8(11)12/h2,4,8,13H,3,5H2,1H3. The molecule has 0 spiro atoms. The number of hydrogen-bond donors (Lipinski definition) is 1. The smallest absolute Gasteiger partial charge is 0.272 e. The van der Waals surface area contributed by atoms with E-state index in [1.807, 2.05) is 0 Å². The van der Waals surface area contributed by atoms with Gasteiger partial charge in [0.1, 0.15) is 0 Å². The highest BCUT2D eigenvalue weighted by Gasteiger charge is 2.07. The van der Waals surface area contributed by atoms with Crippen molar-refractivity contribution in [2.45, 2.75) is 13.0 Å². The fourth-order valence-electron chi connectivity index (χ4n) is 1.01. The summed E-state index contributed by atoms with van der Waals surface area (Å²) >= 11 is 5.83. The van der Waals surface area contributed by atoms with Gasteiger partial charge < -0.3 is 10.1 Å². The maximum atomic E-state index is 11.9. The van der Waals surface area contributed by atoms with Crippen LogP contribution in [0.3, 0.4) is 0 Å². The second-order valence-electron chi connectivity index (χ2n) is 2.85. The van der Waals surface area contributed by atoms with Crippen molar-refractivity contribution in [1.82, 2.24) is 10.3 Å². The fourth-order valence-corrected chi connectivity index (χ4v) is 1.18. The summed E-state index contributed by atoms with van der Waals surface area (Å²) in [6.45, 7) is -0.125. The lowest BCUT2D eigenvalue weighted by Crippen LogP contribution is -2.10. The van der Waals surface area contributed by atoms with Gasteiger partial charge in [0, 0.05) is 18.8 Å². The molecule has 6 heteroatoms. The molecular weight excluding hydrogens is 226 g/mol. The number of rotatable bonds is 5. The van der Waals surface area contributed by atoms with Crippen LogP contribution in [0.15, 0.2) is 12.3 Å². The number of hydrogen-bond acceptors (Lipinski definition) is 3. The van der Waals surface area contributed by atoms with Gasteiger partial charge in [-0.05, 0) is 12.6 Å². The zero-order valence-electron chi connectivity index (χ0n) is 8.14. The number of ether oxygens (including phenoxy) is 1. The minimum Gasteiger partial charge on any atom is -0.472 e. The maximum absolute atomic E-state index is 11.9. The lowest BCUT2D eigenvalue weighted by Gasteiger charge is -2.07. The van der Waals surface area contributed by atoms with Crippen molar-refractivity contribution in [3.05, 3.63) is 22.8 Å². The Morgan fingerprint density at radius 1 is 1.60 bits per heavy atom. The van der Waals surface area contributed by atoms with Crippen LogP contribution in [0.5, 0.6) is 5.88 Å². The summed E-state index contributed by atoms with van der Waals surface area (Å²) in [4.78, 5) is 3.78. The van der Waals surface area contributed by atoms with Crippen molar-refractivity contribution in [2.24, 2.45) is 0 Å². The van der Waals surface area contributed by atoms with Crippen molar-refractivity contribution < 1.29 is 13.5 Å². The molecule has 0 aliphatic carbocycles. The molecule has 15 heavy (non-hydrogen) atoms. The molecule has 0 radical (unpaired) electrons.